The van der Waals surface area contributed by atoms with Gasteiger partial charge in [0.15, 0.2) is 0 Å². The Labute approximate surface area is 134 Å². The monoisotopic (exact) mass is 403 g/mol. The molecule has 0 unspecified atom stereocenters. The standard InChI is InChI=1S/C5H6NS.3C4H9.Sn/c1-4-3-7-5(2)6-4;3*1-3-4-2;/h1-2H3;3*1,3-4H2,2H3;. The third kappa shape index (κ3) is 5.01. The molecule has 0 bridgehead atoms. The molecule has 1 aromatic rings. The molecule has 0 N–H and O–H groups in total. The van der Waals surface area contributed by atoms with E-state index in [2.05, 4.69) is 46.0 Å². The van der Waals surface area contributed by atoms with E-state index in [1.54, 1.807) is 13.3 Å². The van der Waals surface area contributed by atoms with Gasteiger partial charge in [0.25, 0.3) is 0 Å². The van der Waals surface area contributed by atoms with Crippen LogP contribution in [-0.4, -0.2) is 23.4 Å². The topological polar surface area (TPSA) is 12.9 Å². The first-order chi connectivity index (χ1) is 9.59. The zero-order valence-electron chi connectivity index (χ0n) is 14.2. The summed E-state index contributed by atoms with van der Waals surface area (Å²) in [4.78, 5) is 4.77. The second-order valence-electron chi connectivity index (χ2n) is 6.24. The molecule has 0 fully saturated rings. The van der Waals surface area contributed by atoms with Crippen molar-refractivity contribution in [3.05, 3.63) is 10.7 Å². The molecule has 3 heteroatoms. The van der Waals surface area contributed by atoms with Gasteiger partial charge in [0.1, 0.15) is 0 Å². The van der Waals surface area contributed by atoms with Gasteiger partial charge in [-0.25, -0.2) is 0 Å². The van der Waals surface area contributed by atoms with Crippen molar-refractivity contribution in [3.8, 4) is 0 Å². The van der Waals surface area contributed by atoms with Crippen LogP contribution in [0.1, 0.15) is 70.0 Å². The minimum absolute atomic E-state index is 1.29. The summed E-state index contributed by atoms with van der Waals surface area (Å²) in [6.45, 7) is 11.5. The van der Waals surface area contributed by atoms with E-state index in [9.17, 15) is 0 Å². The van der Waals surface area contributed by atoms with Crippen molar-refractivity contribution in [3.63, 3.8) is 0 Å². The summed E-state index contributed by atoms with van der Waals surface area (Å²) in [5.41, 5.74) is 1.40. The summed E-state index contributed by atoms with van der Waals surface area (Å²) in [7, 11) is 0. The van der Waals surface area contributed by atoms with E-state index in [0.717, 1.165) is 0 Å². The van der Waals surface area contributed by atoms with E-state index in [1.165, 1.54) is 49.2 Å². The van der Waals surface area contributed by atoms with Gasteiger partial charge in [-0.3, -0.25) is 0 Å². The van der Waals surface area contributed by atoms with Crippen molar-refractivity contribution in [2.75, 3.05) is 0 Å². The van der Waals surface area contributed by atoms with Crippen LogP contribution in [0, 0.1) is 13.8 Å². The molecule has 0 spiro atoms. The molecule has 0 aromatic carbocycles. The Morgan fingerprint density at radius 1 is 0.850 bits per heavy atom. The number of hydrogen-bond acceptors (Lipinski definition) is 2. The molecule has 0 aliphatic rings. The number of hydrogen-bond donors (Lipinski definition) is 0. The van der Waals surface area contributed by atoms with Crippen LogP contribution in [0.2, 0.25) is 13.3 Å². The van der Waals surface area contributed by atoms with Crippen LogP contribution < -0.4 is 2.89 Å². The quantitative estimate of drug-likeness (QED) is 0.450. The predicted octanol–water partition coefficient (Wildman–Crippen LogP) is 5.82. The Balaban J connectivity index is 3.07. The summed E-state index contributed by atoms with van der Waals surface area (Å²) in [5, 5.41) is 1.29. The number of thiazole rings is 1. The zero-order chi connectivity index (χ0) is 15.0. The summed E-state index contributed by atoms with van der Waals surface area (Å²) in [5.74, 6) is 0. The first-order valence-corrected chi connectivity index (χ1v) is 16.8. The number of aromatic nitrogens is 1. The molecule has 116 valence electrons. The molecule has 0 amide bonds. The van der Waals surface area contributed by atoms with Crippen LogP contribution in [-0.2, 0) is 0 Å². The summed E-state index contributed by atoms with van der Waals surface area (Å²) in [6, 6.07) is 0. The molecule has 1 heterocycles. The fourth-order valence-electron chi connectivity index (χ4n) is 3.28. The average Bonchev–Trinajstić information content (AvgIpc) is 2.78. The van der Waals surface area contributed by atoms with Gasteiger partial charge in [-0.1, -0.05) is 0 Å². The van der Waals surface area contributed by atoms with Gasteiger partial charge in [0.2, 0.25) is 0 Å². The second-order valence-corrected chi connectivity index (χ2v) is 21.5. The molecule has 1 rings (SSSR count). The van der Waals surface area contributed by atoms with E-state index in [4.69, 9.17) is 4.98 Å². The zero-order valence-corrected chi connectivity index (χ0v) is 17.9. The molecule has 0 atom stereocenters. The molecule has 0 aliphatic heterocycles. The Bertz CT molecular complexity index is 365. The summed E-state index contributed by atoms with van der Waals surface area (Å²) < 4.78 is 6.50. The van der Waals surface area contributed by atoms with Crippen LogP contribution >= 0.6 is 11.3 Å². The molecule has 0 saturated heterocycles. The molecule has 1 nitrogen and oxygen atoms in total. The van der Waals surface area contributed by atoms with E-state index in [0.29, 0.717) is 0 Å². The molecule has 0 saturated carbocycles. The molecule has 20 heavy (non-hydrogen) atoms. The number of nitrogens with zero attached hydrogens (tertiary/aromatic N) is 1. The van der Waals surface area contributed by atoms with Gasteiger partial charge < -0.3 is 0 Å². The third-order valence-corrected chi connectivity index (χ3v) is 24.1. The molecular weight excluding hydrogens is 369 g/mol. The molecular formula is C17H33NSSn. The van der Waals surface area contributed by atoms with E-state index < -0.39 is 18.4 Å². The Morgan fingerprint density at radius 2 is 1.30 bits per heavy atom. The van der Waals surface area contributed by atoms with E-state index in [1.807, 2.05) is 2.89 Å². The van der Waals surface area contributed by atoms with Crippen molar-refractivity contribution < 1.29 is 0 Å². The molecule has 0 aliphatic carbocycles. The van der Waals surface area contributed by atoms with Crippen molar-refractivity contribution in [1.82, 2.24) is 4.98 Å². The maximum absolute atomic E-state index is 4.77. The van der Waals surface area contributed by atoms with Crippen LogP contribution in [0.25, 0.3) is 0 Å². The van der Waals surface area contributed by atoms with Gasteiger partial charge in [0.05, 0.1) is 0 Å². The van der Waals surface area contributed by atoms with Gasteiger partial charge >= 0.3 is 135 Å². The van der Waals surface area contributed by atoms with Gasteiger partial charge in [-0.05, 0) is 0 Å². The van der Waals surface area contributed by atoms with E-state index in [-0.39, 0.29) is 0 Å². The fraction of sp³-hybridized carbons (Fsp3) is 0.824. The maximum atomic E-state index is 4.77. The number of aryl methyl sites for hydroxylation is 2. The first-order valence-electron chi connectivity index (χ1n) is 8.54. The van der Waals surface area contributed by atoms with Crippen LogP contribution in [0.4, 0.5) is 0 Å². The predicted molar refractivity (Wildman–Crippen MR) is 96.1 cm³/mol. The van der Waals surface area contributed by atoms with Crippen molar-refractivity contribution in [2.24, 2.45) is 0 Å². The normalized spacial score (nSPS) is 12.1. The Hall–Kier alpha value is 0.429. The van der Waals surface area contributed by atoms with Gasteiger partial charge in [0, 0.05) is 0 Å². The van der Waals surface area contributed by atoms with Gasteiger partial charge in [-0.2, -0.15) is 0 Å². The van der Waals surface area contributed by atoms with Crippen molar-refractivity contribution >= 4 is 32.6 Å². The Morgan fingerprint density at radius 3 is 1.60 bits per heavy atom. The van der Waals surface area contributed by atoms with Crippen molar-refractivity contribution in [2.45, 2.75) is 86.5 Å². The van der Waals surface area contributed by atoms with Crippen molar-refractivity contribution in [1.29, 1.82) is 0 Å². The summed E-state index contributed by atoms with van der Waals surface area (Å²) >= 11 is -0.127. The van der Waals surface area contributed by atoms with Crippen LogP contribution in [0.3, 0.4) is 0 Å². The number of rotatable bonds is 10. The minimum atomic E-state index is -2.18. The SMILES string of the molecule is CCC[CH2][Sn]([CH2]CCC)([CH2]CCC)[c]1sc(C)nc1C. The first kappa shape index (κ1) is 18.5. The second kappa shape index (κ2) is 9.45. The number of unbranched alkanes of at least 4 members (excludes halogenated alkanes) is 3. The average molecular weight is 402 g/mol. The van der Waals surface area contributed by atoms with Crippen LogP contribution in [0.15, 0.2) is 0 Å². The molecule has 1 aromatic heterocycles. The Kier molecular flexibility index (Phi) is 8.73. The summed E-state index contributed by atoms with van der Waals surface area (Å²) in [6.07, 6.45) is 8.40. The third-order valence-electron chi connectivity index (χ3n) is 4.41. The fourth-order valence-corrected chi connectivity index (χ4v) is 24.6. The molecule has 0 radical (unpaired) electrons. The van der Waals surface area contributed by atoms with Gasteiger partial charge in [-0.15, -0.1) is 0 Å². The van der Waals surface area contributed by atoms with E-state index >= 15 is 0 Å². The van der Waals surface area contributed by atoms with Crippen LogP contribution in [0.5, 0.6) is 0 Å².